The maximum atomic E-state index is 12.0. The third kappa shape index (κ3) is 6.38. The van der Waals surface area contributed by atoms with Crippen molar-refractivity contribution >= 4 is 35.3 Å². The Balaban J connectivity index is 1.88. The molecular weight excluding hydrogens is 367 g/mol. The first-order valence-electron chi connectivity index (χ1n) is 8.17. The van der Waals surface area contributed by atoms with Crippen molar-refractivity contribution in [2.75, 3.05) is 33.4 Å². The zero-order valence-corrected chi connectivity index (χ0v) is 15.6. The third-order valence-electron chi connectivity index (χ3n) is 4.06. The highest BCUT2D eigenvalue weighted by molar-refractivity contribution is 6.35. The first kappa shape index (κ1) is 19.8. The Morgan fingerprint density at radius 1 is 1.28 bits per heavy atom. The molecule has 1 heterocycles. The van der Waals surface area contributed by atoms with E-state index in [4.69, 9.17) is 32.7 Å². The van der Waals surface area contributed by atoms with Gasteiger partial charge in [0.25, 0.3) is 0 Å². The molecule has 1 atom stereocenters. The molecule has 138 valence electrons. The summed E-state index contributed by atoms with van der Waals surface area (Å²) in [5, 5.41) is 3.46. The van der Waals surface area contributed by atoms with Crippen molar-refractivity contribution < 1.29 is 19.1 Å². The molecule has 2 rings (SSSR count). The second-order valence-corrected chi connectivity index (χ2v) is 6.69. The van der Waals surface area contributed by atoms with Crippen molar-refractivity contribution in [2.24, 2.45) is 0 Å². The molecule has 0 aliphatic carbocycles. The maximum Gasteiger partial charge on any atom is 0.407 e. The van der Waals surface area contributed by atoms with Gasteiger partial charge in [-0.05, 0) is 43.6 Å². The van der Waals surface area contributed by atoms with Gasteiger partial charge in [0.2, 0.25) is 0 Å². The van der Waals surface area contributed by atoms with Gasteiger partial charge >= 0.3 is 12.1 Å². The number of halogens is 2. The van der Waals surface area contributed by atoms with Crippen molar-refractivity contribution in [3.8, 4) is 0 Å². The number of hydrogen-bond donors (Lipinski definition) is 1. The largest absolute Gasteiger partial charge is 0.467 e. The second-order valence-electron chi connectivity index (χ2n) is 5.84. The lowest BCUT2D eigenvalue weighted by Crippen LogP contribution is -2.43. The van der Waals surface area contributed by atoms with Crippen LogP contribution in [0.2, 0.25) is 10.0 Å². The number of carbonyl (C=O) groups is 2. The zero-order chi connectivity index (χ0) is 18.2. The average molecular weight is 389 g/mol. The van der Waals surface area contributed by atoms with Crippen LogP contribution >= 0.6 is 23.2 Å². The number of rotatable bonds is 7. The predicted octanol–water partition coefficient (Wildman–Crippen LogP) is 2.90. The van der Waals surface area contributed by atoms with Gasteiger partial charge in [-0.3, -0.25) is 4.90 Å². The van der Waals surface area contributed by atoms with E-state index in [0.717, 1.165) is 13.1 Å². The number of likely N-dealkylation sites (tertiary alicyclic amines) is 1. The Morgan fingerprint density at radius 2 is 2.00 bits per heavy atom. The number of esters is 1. The van der Waals surface area contributed by atoms with E-state index in [1.165, 1.54) is 20.0 Å². The third-order valence-corrected chi connectivity index (χ3v) is 4.64. The minimum Gasteiger partial charge on any atom is -0.467 e. The number of benzene rings is 1. The van der Waals surface area contributed by atoms with Gasteiger partial charge in [0.1, 0.15) is 12.6 Å². The monoisotopic (exact) mass is 388 g/mol. The minimum atomic E-state index is -0.886. The summed E-state index contributed by atoms with van der Waals surface area (Å²) < 4.78 is 9.91. The van der Waals surface area contributed by atoms with Crippen LogP contribution in [0.15, 0.2) is 18.2 Å². The molecule has 0 radical (unpaired) electrons. The smallest absolute Gasteiger partial charge is 0.407 e. The Bertz CT molecular complexity index is 606. The number of ether oxygens (including phenoxy) is 2. The molecule has 1 amide bonds. The van der Waals surface area contributed by atoms with Crippen LogP contribution in [-0.4, -0.2) is 56.4 Å². The van der Waals surface area contributed by atoms with Crippen LogP contribution in [0.5, 0.6) is 0 Å². The normalized spacial score (nSPS) is 15.6. The van der Waals surface area contributed by atoms with E-state index in [9.17, 15) is 9.59 Å². The zero-order valence-electron chi connectivity index (χ0n) is 14.1. The first-order valence-corrected chi connectivity index (χ1v) is 8.92. The molecule has 0 spiro atoms. The molecule has 1 aromatic rings. The van der Waals surface area contributed by atoms with Crippen molar-refractivity contribution in [3.63, 3.8) is 0 Å². The van der Waals surface area contributed by atoms with Crippen LogP contribution < -0.4 is 5.32 Å². The topological polar surface area (TPSA) is 67.9 Å². The van der Waals surface area contributed by atoms with Crippen LogP contribution in [0.4, 0.5) is 4.79 Å². The summed E-state index contributed by atoms with van der Waals surface area (Å²) in [5.41, 5.74) is 0.679. The summed E-state index contributed by atoms with van der Waals surface area (Å²) in [6, 6.07) is 4.08. The summed E-state index contributed by atoms with van der Waals surface area (Å²) in [7, 11) is 1.26. The van der Waals surface area contributed by atoms with Gasteiger partial charge in [-0.1, -0.05) is 29.3 Å². The van der Waals surface area contributed by atoms with E-state index in [2.05, 4.69) is 10.2 Å². The number of amides is 1. The molecule has 1 N–H and O–H groups in total. The van der Waals surface area contributed by atoms with Gasteiger partial charge in [-0.15, -0.1) is 0 Å². The molecule has 1 aromatic carbocycles. The summed E-state index contributed by atoms with van der Waals surface area (Å²) in [4.78, 5) is 26.1. The Kier molecular flexibility index (Phi) is 7.81. The lowest BCUT2D eigenvalue weighted by atomic mass is 10.1. The van der Waals surface area contributed by atoms with Crippen molar-refractivity contribution in [3.05, 3.63) is 33.8 Å². The summed E-state index contributed by atoms with van der Waals surface area (Å²) >= 11 is 12.0. The van der Waals surface area contributed by atoms with Crippen LogP contribution in [0.1, 0.15) is 18.4 Å². The molecule has 1 saturated heterocycles. The molecule has 8 heteroatoms. The molecule has 0 saturated carbocycles. The SMILES string of the molecule is COC(=O)[C@@H](Cc1ccc(Cl)cc1Cl)NC(=O)OCCN1CCCC1. The van der Waals surface area contributed by atoms with Crippen LogP contribution in [-0.2, 0) is 20.7 Å². The van der Waals surface area contributed by atoms with Crippen LogP contribution in [0.25, 0.3) is 0 Å². The molecule has 0 unspecified atom stereocenters. The number of methoxy groups -OCH3 is 1. The molecule has 1 fully saturated rings. The van der Waals surface area contributed by atoms with E-state index in [1.807, 2.05) is 0 Å². The molecule has 0 bridgehead atoms. The van der Waals surface area contributed by atoms with Gasteiger partial charge in [0, 0.05) is 23.0 Å². The quantitative estimate of drug-likeness (QED) is 0.727. The highest BCUT2D eigenvalue weighted by Crippen LogP contribution is 2.22. The fourth-order valence-corrected chi connectivity index (χ4v) is 3.19. The summed E-state index contributed by atoms with van der Waals surface area (Å²) in [6.45, 7) is 3.04. The molecular formula is C17H22Cl2N2O4. The van der Waals surface area contributed by atoms with Gasteiger partial charge in [-0.2, -0.15) is 0 Å². The molecule has 1 aliphatic heterocycles. The minimum absolute atomic E-state index is 0.184. The number of hydrogen-bond acceptors (Lipinski definition) is 5. The number of alkyl carbamates (subject to hydrolysis) is 1. The highest BCUT2D eigenvalue weighted by atomic mass is 35.5. The molecule has 6 nitrogen and oxygen atoms in total. The Labute approximate surface area is 157 Å². The van der Waals surface area contributed by atoms with Gasteiger partial charge in [0.15, 0.2) is 0 Å². The lowest BCUT2D eigenvalue weighted by Gasteiger charge is -2.18. The van der Waals surface area contributed by atoms with E-state index in [1.54, 1.807) is 18.2 Å². The first-order chi connectivity index (χ1) is 12.0. The van der Waals surface area contributed by atoms with Crippen LogP contribution in [0.3, 0.4) is 0 Å². The van der Waals surface area contributed by atoms with Gasteiger partial charge < -0.3 is 14.8 Å². The number of carbonyl (C=O) groups excluding carboxylic acids is 2. The predicted molar refractivity (Wildman–Crippen MR) is 96.1 cm³/mol. The van der Waals surface area contributed by atoms with E-state index < -0.39 is 18.1 Å². The maximum absolute atomic E-state index is 12.0. The Hall–Kier alpha value is -1.50. The highest BCUT2D eigenvalue weighted by Gasteiger charge is 2.24. The van der Waals surface area contributed by atoms with Crippen LogP contribution in [0, 0.1) is 0 Å². The van der Waals surface area contributed by atoms with Crippen molar-refractivity contribution in [1.82, 2.24) is 10.2 Å². The van der Waals surface area contributed by atoms with E-state index >= 15 is 0 Å². The molecule has 1 aliphatic rings. The Morgan fingerprint density at radius 3 is 2.64 bits per heavy atom. The fourth-order valence-electron chi connectivity index (χ4n) is 2.70. The van der Waals surface area contributed by atoms with Crippen molar-refractivity contribution in [1.29, 1.82) is 0 Å². The fraction of sp³-hybridized carbons (Fsp3) is 0.529. The summed E-state index contributed by atoms with van der Waals surface area (Å²) in [5.74, 6) is -0.567. The summed E-state index contributed by atoms with van der Waals surface area (Å²) in [6.07, 6.45) is 1.89. The van der Waals surface area contributed by atoms with E-state index in [0.29, 0.717) is 22.2 Å². The standard InChI is InChI=1S/C17H22Cl2N2O4/c1-24-16(22)15(10-12-4-5-13(18)11-14(12)19)20-17(23)25-9-8-21-6-2-3-7-21/h4-5,11,15H,2-3,6-10H2,1H3,(H,20,23)/t15-/m1/s1. The lowest BCUT2D eigenvalue weighted by molar-refractivity contribution is -0.142. The average Bonchev–Trinajstić information content (AvgIpc) is 3.09. The number of nitrogens with zero attached hydrogens (tertiary/aromatic N) is 1. The number of nitrogens with one attached hydrogen (secondary N) is 1. The second kappa shape index (κ2) is 9.85. The molecule has 0 aromatic heterocycles. The van der Waals surface area contributed by atoms with Gasteiger partial charge in [0.05, 0.1) is 7.11 Å². The van der Waals surface area contributed by atoms with Crippen molar-refractivity contribution in [2.45, 2.75) is 25.3 Å². The van der Waals surface area contributed by atoms with Gasteiger partial charge in [-0.25, -0.2) is 9.59 Å². The molecule has 25 heavy (non-hydrogen) atoms. The van der Waals surface area contributed by atoms with E-state index in [-0.39, 0.29) is 13.0 Å².